The van der Waals surface area contributed by atoms with Gasteiger partial charge in [0.25, 0.3) is 5.91 Å². The second-order valence-electron chi connectivity index (χ2n) is 7.61. The molecule has 5 nitrogen and oxygen atoms in total. The van der Waals surface area contributed by atoms with Crippen molar-refractivity contribution in [3.63, 3.8) is 0 Å². The van der Waals surface area contributed by atoms with Crippen LogP contribution in [0, 0.1) is 11.8 Å². The van der Waals surface area contributed by atoms with Gasteiger partial charge in [-0.3, -0.25) is 19.3 Å². The molecule has 3 aliphatic rings. The number of imide groups is 1. The van der Waals surface area contributed by atoms with Gasteiger partial charge in [-0.15, -0.1) is 0 Å². The molecule has 1 aromatic rings. The predicted molar refractivity (Wildman–Crippen MR) is 98.7 cm³/mol. The summed E-state index contributed by atoms with van der Waals surface area (Å²) < 4.78 is 0. The van der Waals surface area contributed by atoms with E-state index in [9.17, 15) is 14.4 Å². The molecule has 0 radical (unpaired) electrons. The minimum Gasteiger partial charge on any atom is -0.339 e. The van der Waals surface area contributed by atoms with Gasteiger partial charge in [0.15, 0.2) is 0 Å². The molecule has 0 unspecified atom stereocenters. The van der Waals surface area contributed by atoms with Crippen LogP contribution in [0.15, 0.2) is 35.9 Å². The summed E-state index contributed by atoms with van der Waals surface area (Å²) in [5.41, 5.74) is 2.36. The third-order valence-electron chi connectivity index (χ3n) is 5.84. The molecule has 3 amide bonds. The first-order valence-electron chi connectivity index (χ1n) is 9.49. The molecular weight excluding hydrogens is 328 g/mol. The molecule has 26 heavy (non-hydrogen) atoms. The monoisotopic (exact) mass is 352 g/mol. The zero-order chi connectivity index (χ0) is 18.3. The van der Waals surface area contributed by atoms with E-state index in [0.29, 0.717) is 24.1 Å². The summed E-state index contributed by atoms with van der Waals surface area (Å²) in [5, 5.41) is 0. The van der Waals surface area contributed by atoms with Gasteiger partial charge >= 0.3 is 0 Å². The number of nitrogens with zero attached hydrogens (tertiary/aromatic N) is 2. The molecule has 0 N–H and O–H groups in total. The first-order valence-corrected chi connectivity index (χ1v) is 9.49. The minimum atomic E-state index is -0.235. The highest BCUT2D eigenvalue weighted by Crippen LogP contribution is 2.39. The van der Waals surface area contributed by atoms with Crippen molar-refractivity contribution in [3.05, 3.63) is 41.5 Å². The van der Waals surface area contributed by atoms with Crippen molar-refractivity contribution in [1.29, 1.82) is 0 Å². The van der Waals surface area contributed by atoms with E-state index >= 15 is 0 Å². The van der Waals surface area contributed by atoms with Crippen LogP contribution in [0.3, 0.4) is 0 Å². The standard InChI is InChI=1S/C21H24N2O3/c1-14-5-10-17-18(13-14)21(26)23(20(17)25)16-8-6-15(7-9-16)19(24)22-11-3-2-4-12-22/h5-9,17-18H,2-4,10-13H2,1H3/t17-,18+/m1/s1. The van der Waals surface area contributed by atoms with E-state index in [1.807, 2.05) is 11.8 Å². The fourth-order valence-electron chi connectivity index (χ4n) is 4.32. The van der Waals surface area contributed by atoms with Crippen molar-refractivity contribution < 1.29 is 14.4 Å². The van der Waals surface area contributed by atoms with E-state index in [1.165, 1.54) is 16.9 Å². The largest absolute Gasteiger partial charge is 0.339 e. The second-order valence-corrected chi connectivity index (χ2v) is 7.61. The Labute approximate surface area is 153 Å². The lowest BCUT2D eigenvalue weighted by Crippen LogP contribution is -2.35. The van der Waals surface area contributed by atoms with Crippen molar-refractivity contribution in [2.24, 2.45) is 11.8 Å². The quantitative estimate of drug-likeness (QED) is 0.607. The van der Waals surface area contributed by atoms with Gasteiger partial charge in [0.2, 0.25) is 11.8 Å². The Morgan fingerprint density at radius 1 is 0.962 bits per heavy atom. The number of amides is 3. The number of hydrogen-bond donors (Lipinski definition) is 0. The minimum absolute atomic E-state index is 0.0313. The molecule has 4 rings (SSSR count). The Bertz CT molecular complexity index is 775. The summed E-state index contributed by atoms with van der Waals surface area (Å²) >= 11 is 0. The molecule has 0 spiro atoms. The van der Waals surface area contributed by atoms with Crippen LogP contribution in [0.4, 0.5) is 5.69 Å². The third kappa shape index (κ3) is 2.85. The molecule has 2 heterocycles. The fourth-order valence-corrected chi connectivity index (χ4v) is 4.32. The molecule has 0 aromatic heterocycles. The van der Waals surface area contributed by atoms with E-state index in [1.54, 1.807) is 24.3 Å². The van der Waals surface area contributed by atoms with Gasteiger partial charge in [-0.25, -0.2) is 0 Å². The zero-order valence-corrected chi connectivity index (χ0v) is 15.1. The molecule has 1 aliphatic carbocycles. The molecule has 2 aliphatic heterocycles. The highest BCUT2D eigenvalue weighted by atomic mass is 16.2. The molecule has 1 aromatic carbocycles. The maximum atomic E-state index is 12.8. The Hall–Kier alpha value is -2.43. The molecule has 136 valence electrons. The van der Waals surface area contributed by atoms with Crippen molar-refractivity contribution >= 4 is 23.4 Å². The fraction of sp³-hybridized carbons (Fsp3) is 0.476. The Kier molecular flexibility index (Phi) is 4.39. The topological polar surface area (TPSA) is 57.7 Å². The summed E-state index contributed by atoms with van der Waals surface area (Å²) in [6.07, 6.45) is 6.66. The molecule has 0 bridgehead atoms. The maximum absolute atomic E-state index is 12.8. The summed E-state index contributed by atoms with van der Waals surface area (Å²) in [6.45, 7) is 3.62. The number of likely N-dealkylation sites (tertiary alicyclic amines) is 1. The first kappa shape index (κ1) is 17.0. The van der Waals surface area contributed by atoms with Crippen LogP contribution in [0.5, 0.6) is 0 Å². The van der Waals surface area contributed by atoms with Crippen LogP contribution in [0.1, 0.15) is 49.4 Å². The lowest BCUT2D eigenvalue weighted by molar-refractivity contribution is -0.122. The Morgan fingerprint density at radius 3 is 2.31 bits per heavy atom. The number of carbonyl (C=O) groups excluding carboxylic acids is 3. The number of anilines is 1. The van der Waals surface area contributed by atoms with Gasteiger partial charge < -0.3 is 4.90 Å². The number of piperidine rings is 1. The normalized spacial score (nSPS) is 26.0. The lowest BCUT2D eigenvalue weighted by atomic mass is 9.82. The maximum Gasteiger partial charge on any atom is 0.253 e. The van der Waals surface area contributed by atoms with Crippen LogP contribution < -0.4 is 4.90 Å². The number of benzene rings is 1. The van der Waals surface area contributed by atoms with E-state index in [2.05, 4.69) is 6.08 Å². The highest BCUT2D eigenvalue weighted by Gasteiger charge is 2.48. The van der Waals surface area contributed by atoms with Crippen LogP contribution in [0.2, 0.25) is 0 Å². The molecule has 5 heteroatoms. The summed E-state index contributed by atoms with van der Waals surface area (Å²) in [5.74, 6) is -0.659. The average Bonchev–Trinajstić information content (AvgIpc) is 2.92. The smallest absolute Gasteiger partial charge is 0.253 e. The number of allylic oxidation sites excluding steroid dienone is 2. The number of hydrogen-bond acceptors (Lipinski definition) is 3. The summed E-state index contributed by atoms with van der Waals surface area (Å²) in [6, 6.07) is 6.92. The summed E-state index contributed by atoms with van der Waals surface area (Å²) in [7, 11) is 0. The second kappa shape index (κ2) is 6.71. The van der Waals surface area contributed by atoms with Crippen molar-refractivity contribution in [2.45, 2.75) is 39.0 Å². The van der Waals surface area contributed by atoms with Gasteiger partial charge in [0.1, 0.15) is 0 Å². The van der Waals surface area contributed by atoms with Crippen molar-refractivity contribution in [3.8, 4) is 0 Å². The van der Waals surface area contributed by atoms with Crippen LogP contribution in [-0.2, 0) is 9.59 Å². The SMILES string of the molecule is CC1=CC[C@H]2C(=O)N(c3ccc(C(=O)N4CCCCC4)cc3)C(=O)[C@H]2C1. The zero-order valence-electron chi connectivity index (χ0n) is 15.1. The van der Waals surface area contributed by atoms with Crippen LogP contribution >= 0.6 is 0 Å². The average molecular weight is 352 g/mol. The molecule has 2 fully saturated rings. The molecule has 2 saturated heterocycles. The van der Waals surface area contributed by atoms with Gasteiger partial charge in [-0.05, 0) is 63.3 Å². The Balaban J connectivity index is 1.53. The summed E-state index contributed by atoms with van der Waals surface area (Å²) in [4.78, 5) is 41.3. The highest BCUT2D eigenvalue weighted by molar-refractivity contribution is 6.22. The lowest BCUT2D eigenvalue weighted by Gasteiger charge is -2.26. The Morgan fingerprint density at radius 2 is 1.62 bits per heavy atom. The van der Waals surface area contributed by atoms with Crippen LogP contribution in [-0.4, -0.2) is 35.7 Å². The third-order valence-corrected chi connectivity index (χ3v) is 5.84. The van der Waals surface area contributed by atoms with Gasteiger partial charge in [0, 0.05) is 18.7 Å². The number of rotatable bonds is 2. The first-order chi connectivity index (χ1) is 12.6. The number of fused-ring (bicyclic) bond motifs is 1. The molecule has 0 saturated carbocycles. The van der Waals surface area contributed by atoms with E-state index in [-0.39, 0.29) is 29.6 Å². The van der Waals surface area contributed by atoms with E-state index in [4.69, 9.17) is 0 Å². The molecule has 2 atom stereocenters. The van der Waals surface area contributed by atoms with Gasteiger partial charge in [-0.2, -0.15) is 0 Å². The van der Waals surface area contributed by atoms with Crippen molar-refractivity contribution in [1.82, 2.24) is 4.90 Å². The van der Waals surface area contributed by atoms with Crippen LogP contribution in [0.25, 0.3) is 0 Å². The predicted octanol–water partition coefficient (Wildman–Crippen LogP) is 3.16. The van der Waals surface area contributed by atoms with Gasteiger partial charge in [0.05, 0.1) is 17.5 Å². The van der Waals surface area contributed by atoms with E-state index in [0.717, 1.165) is 25.9 Å². The molecular formula is C21H24N2O3. The van der Waals surface area contributed by atoms with Crippen molar-refractivity contribution in [2.75, 3.05) is 18.0 Å². The van der Waals surface area contributed by atoms with E-state index < -0.39 is 0 Å². The van der Waals surface area contributed by atoms with Gasteiger partial charge in [-0.1, -0.05) is 11.6 Å². The number of carbonyl (C=O) groups is 3.